The van der Waals surface area contributed by atoms with Gasteiger partial charge in [-0.05, 0) is 82.9 Å². The molecule has 2 aromatic heterocycles. The molecule has 0 radical (unpaired) electrons. The van der Waals surface area contributed by atoms with Gasteiger partial charge in [0.15, 0.2) is 5.82 Å². The predicted molar refractivity (Wildman–Crippen MR) is 134 cm³/mol. The fourth-order valence-electron chi connectivity index (χ4n) is 5.29. The summed E-state index contributed by atoms with van der Waals surface area (Å²) in [6.45, 7) is 12.5. The number of anilines is 1. The van der Waals surface area contributed by atoms with E-state index in [0.29, 0.717) is 12.1 Å². The van der Waals surface area contributed by atoms with Gasteiger partial charge in [-0.1, -0.05) is 19.9 Å². The molecule has 3 N–H and O–H groups in total. The molecule has 184 valence electrons. The lowest BCUT2D eigenvalue weighted by atomic mass is 9.77. The number of rotatable bonds is 5. The number of nitrogens with one attached hydrogen (secondary N) is 2. The van der Waals surface area contributed by atoms with Crippen molar-refractivity contribution in [1.29, 1.82) is 0 Å². The van der Waals surface area contributed by atoms with E-state index in [9.17, 15) is 9.90 Å². The number of hydrogen-bond donors (Lipinski definition) is 3. The second kappa shape index (κ2) is 8.93. The van der Waals surface area contributed by atoms with Crippen molar-refractivity contribution in [2.45, 2.75) is 90.8 Å². The number of aryl methyl sites for hydroxylation is 1. The summed E-state index contributed by atoms with van der Waals surface area (Å²) in [5.41, 5.74) is 3.82. The Morgan fingerprint density at radius 1 is 1.24 bits per heavy atom. The van der Waals surface area contributed by atoms with Gasteiger partial charge in [0.05, 0.1) is 29.2 Å². The molecule has 0 aromatic carbocycles. The highest BCUT2D eigenvalue weighted by Gasteiger charge is 2.43. The monoisotopic (exact) mass is 466 g/mol. The molecule has 1 fully saturated rings. The van der Waals surface area contributed by atoms with Crippen LogP contribution in [-0.2, 0) is 4.74 Å². The molecule has 0 saturated carbocycles. The van der Waals surface area contributed by atoms with E-state index in [1.165, 1.54) is 5.57 Å². The first-order valence-corrected chi connectivity index (χ1v) is 12.2. The number of nitrogens with zero attached hydrogens (tertiary/aromatic N) is 2. The summed E-state index contributed by atoms with van der Waals surface area (Å²) in [4.78, 5) is 25.2. The average molecular weight is 467 g/mol. The van der Waals surface area contributed by atoms with Crippen LogP contribution in [0.25, 0.3) is 5.57 Å². The van der Waals surface area contributed by atoms with Crippen molar-refractivity contribution in [2.24, 2.45) is 5.41 Å². The molecule has 0 unspecified atom stereocenters. The van der Waals surface area contributed by atoms with Gasteiger partial charge in [-0.3, -0.25) is 9.78 Å². The molecule has 1 aliphatic carbocycles. The lowest BCUT2D eigenvalue weighted by molar-refractivity contribution is -0.187. The zero-order valence-electron chi connectivity index (χ0n) is 21.3. The van der Waals surface area contributed by atoms with Gasteiger partial charge in [-0.15, -0.1) is 0 Å². The van der Waals surface area contributed by atoms with Crippen molar-refractivity contribution in [3.63, 3.8) is 0 Å². The normalized spacial score (nSPS) is 26.1. The SMILES string of the molecule is Cc1cnc(C(=O)Nc2ccc([C@H]3CC(C)(C)O[C@](C)(CO)C3)nc2C2=CCC(C)(C)CC2)[nH]1. The summed E-state index contributed by atoms with van der Waals surface area (Å²) in [6, 6.07) is 3.97. The van der Waals surface area contributed by atoms with Crippen LogP contribution in [0.4, 0.5) is 5.69 Å². The molecular weight excluding hydrogens is 428 g/mol. The molecule has 1 aliphatic heterocycles. The van der Waals surface area contributed by atoms with Crippen LogP contribution in [0, 0.1) is 12.3 Å². The van der Waals surface area contributed by atoms with E-state index in [1.807, 2.05) is 26.0 Å². The van der Waals surface area contributed by atoms with Crippen LogP contribution < -0.4 is 5.32 Å². The topological polar surface area (TPSA) is 100 Å². The van der Waals surface area contributed by atoms with Crippen LogP contribution in [-0.4, -0.2) is 43.8 Å². The second-order valence-corrected chi connectivity index (χ2v) is 11.7. The Balaban J connectivity index is 1.70. The Bertz CT molecular complexity index is 1100. The van der Waals surface area contributed by atoms with Crippen molar-refractivity contribution < 1.29 is 14.6 Å². The molecule has 0 bridgehead atoms. The summed E-state index contributed by atoms with van der Waals surface area (Å²) < 4.78 is 6.20. The van der Waals surface area contributed by atoms with Crippen molar-refractivity contribution in [3.8, 4) is 0 Å². The number of amides is 1. The molecule has 3 heterocycles. The van der Waals surface area contributed by atoms with Crippen LogP contribution in [0.15, 0.2) is 24.4 Å². The number of carbonyl (C=O) groups is 1. The Morgan fingerprint density at radius 2 is 2.00 bits per heavy atom. The average Bonchev–Trinajstić information content (AvgIpc) is 3.19. The summed E-state index contributed by atoms with van der Waals surface area (Å²) in [6.07, 6.45) is 8.40. The van der Waals surface area contributed by atoms with Gasteiger partial charge >= 0.3 is 0 Å². The maximum atomic E-state index is 12.9. The Morgan fingerprint density at radius 3 is 2.62 bits per heavy atom. The van der Waals surface area contributed by atoms with Gasteiger partial charge in [0.1, 0.15) is 0 Å². The number of H-pyrrole nitrogens is 1. The Kier molecular flexibility index (Phi) is 6.46. The van der Waals surface area contributed by atoms with E-state index in [4.69, 9.17) is 9.72 Å². The maximum Gasteiger partial charge on any atom is 0.291 e. The van der Waals surface area contributed by atoms with Gasteiger partial charge in [0.2, 0.25) is 0 Å². The van der Waals surface area contributed by atoms with E-state index in [-0.39, 0.29) is 35.3 Å². The van der Waals surface area contributed by atoms with Crippen molar-refractivity contribution in [1.82, 2.24) is 15.0 Å². The largest absolute Gasteiger partial charge is 0.393 e. The van der Waals surface area contributed by atoms with Crippen LogP contribution in [0.5, 0.6) is 0 Å². The molecule has 2 atom stereocenters. The standard InChI is InChI=1S/C27H38N4O3/c1-17-15-28-23(29-17)24(33)31-21-8-7-20(19-13-26(4,5)34-27(6,14-19)16-32)30-22(21)18-9-11-25(2,3)12-10-18/h7-9,15,19,32H,10-14,16H2,1-6H3,(H,28,29)(H,31,33)/t19-,27-/m0/s1. The third kappa shape index (κ3) is 5.41. The fraction of sp³-hybridized carbons (Fsp3) is 0.593. The van der Waals surface area contributed by atoms with Gasteiger partial charge in [0, 0.05) is 23.5 Å². The summed E-state index contributed by atoms with van der Waals surface area (Å²) in [5.74, 6) is 0.162. The first-order valence-electron chi connectivity index (χ1n) is 12.2. The number of aliphatic hydroxyl groups is 1. The Labute approximate surface area is 202 Å². The minimum atomic E-state index is -0.605. The van der Waals surface area contributed by atoms with E-state index < -0.39 is 5.60 Å². The second-order valence-electron chi connectivity index (χ2n) is 11.7. The van der Waals surface area contributed by atoms with Gasteiger partial charge in [-0.2, -0.15) is 0 Å². The van der Waals surface area contributed by atoms with Gasteiger partial charge in [-0.25, -0.2) is 4.98 Å². The predicted octanol–water partition coefficient (Wildman–Crippen LogP) is 5.38. The highest BCUT2D eigenvalue weighted by molar-refractivity contribution is 6.03. The molecule has 1 saturated heterocycles. The highest BCUT2D eigenvalue weighted by Crippen LogP contribution is 2.44. The zero-order chi connectivity index (χ0) is 24.7. The third-order valence-corrected chi connectivity index (χ3v) is 7.05. The number of aliphatic hydroxyl groups excluding tert-OH is 1. The minimum absolute atomic E-state index is 0.0310. The van der Waals surface area contributed by atoms with Crippen LogP contribution in [0.2, 0.25) is 0 Å². The third-order valence-electron chi connectivity index (χ3n) is 7.05. The molecule has 4 rings (SSSR count). The number of ether oxygens (including phenoxy) is 1. The molecular formula is C27H38N4O3. The first kappa shape index (κ1) is 24.6. The number of aromatic nitrogens is 3. The number of pyridine rings is 1. The number of imidazole rings is 1. The van der Waals surface area contributed by atoms with E-state index in [1.54, 1.807) is 6.20 Å². The maximum absolute atomic E-state index is 12.9. The lowest BCUT2D eigenvalue weighted by Crippen LogP contribution is -2.48. The van der Waals surface area contributed by atoms with E-state index in [2.05, 4.69) is 49.1 Å². The molecule has 1 amide bonds. The number of aromatic amines is 1. The Hall–Kier alpha value is -2.51. The van der Waals surface area contributed by atoms with E-state index in [0.717, 1.165) is 42.8 Å². The van der Waals surface area contributed by atoms with Crippen LogP contribution >= 0.6 is 0 Å². The minimum Gasteiger partial charge on any atom is -0.393 e. The van der Waals surface area contributed by atoms with Crippen molar-refractivity contribution >= 4 is 17.2 Å². The number of allylic oxidation sites excluding steroid dienone is 2. The van der Waals surface area contributed by atoms with Crippen molar-refractivity contribution in [2.75, 3.05) is 11.9 Å². The highest BCUT2D eigenvalue weighted by atomic mass is 16.5. The van der Waals surface area contributed by atoms with E-state index >= 15 is 0 Å². The summed E-state index contributed by atoms with van der Waals surface area (Å²) in [5, 5.41) is 13.0. The first-order chi connectivity index (χ1) is 15.9. The van der Waals surface area contributed by atoms with Crippen LogP contribution in [0.3, 0.4) is 0 Å². The molecule has 7 heteroatoms. The van der Waals surface area contributed by atoms with Gasteiger partial charge in [0.25, 0.3) is 5.91 Å². The molecule has 34 heavy (non-hydrogen) atoms. The zero-order valence-corrected chi connectivity index (χ0v) is 21.3. The van der Waals surface area contributed by atoms with Crippen LogP contribution in [0.1, 0.15) is 100 Å². The fourth-order valence-corrected chi connectivity index (χ4v) is 5.29. The molecule has 2 aromatic rings. The quantitative estimate of drug-likeness (QED) is 0.549. The molecule has 7 nitrogen and oxygen atoms in total. The summed E-state index contributed by atoms with van der Waals surface area (Å²) >= 11 is 0. The number of hydrogen-bond acceptors (Lipinski definition) is 5. The number of carbonyl (C=O) groups excluding carboxylic acids is 1. The van der Waals surface area contributed by atoms with Crippen molar-refractivity contribution in [3.05, 3.63) is 47.3 Å². The molecule has 0 spiro atoms. The van der Waals surface area contributed by atoms with Gasteiger partial charge < -0.3 is 20.1 Å². The smallest absolute Gasteiger partial charge is 0.291 e. The summed E-state index contributed by atoms with van der Waals surface area (Å²) in [7, 11) is 0. The lowest BCUT2D eigenvalue weighted by Gasteiger charge is -2.46. The molecule has 2 aliphatic rings.